The lowest BCUT2D eigenvalue weighted by atomic mass is 10.1. The summed E-state index contributed by atoms with van der Waals surface area (Å²) in [5, 5.41) is 5.17. The van der Waals surface area contributed by atoms with E-state index < -0.39 is 0 Å². The van der Waals surface area contributed by atoms with E-state index in [-0.39, 0.29) is 5.91 Å². The van der Waals surface area contributed by atoms with Gasteiger partial charge in [0, 0.05) is 10.3 Å². The molecule has 146 valence electrons. The third-order valence-electron chi connectivity index (χ3n) is 4.44. The van der Waals surface area contributed by atoms with Crippen LogP contribution in [0.3, 0.4) is 0 Å². The largest absolute Gasteiger partial charge is 0.272 e. The number of nitrogens with zero attached hydrogens (tertiary/aromatic N) is 2. The molecule has 3 aromatic heterocycles. The second-order valence-corrected chi connectivity index (χ2v) is 9.44. The molecule has 1 N–H and O–H groups in total. The van der Waals surface area contributed by atoms with Gasteiger partial charge in [-0.2, -0.15) is 5.10 Å². The zero-order valence-corrected chi connectivity index (χ0v) is 18.3. The first-order valence-electron chi connectivity index (χ1n) is 9.14. The van der Waals surface area contributed by atoms with E-state index in [2.05, 4.69) is 23.5 Å². The summed E-state index contributed by atoms with van der Waals surface area (Å²) in [5.41, 5.74) is 5.64. The van der Waals surface area contributed by atoms with E-state index in [9.17, 15) is 4.79 Å². The van der Waals surface area contributed by atoms with Crippen LogP contribution in [0, 0.1) is 6.92 Å². The highest BCUT2D eigenvalue weighted by Crippen LogP contribution is 2.30. The van der Waals surface area contributed by atoms with E-state index in [1.54, 1.807) is 11.3 Å². The molecule has 0 saturated heterocycles. The molecule has 1 aromatic carbocycles. The molecule has 0 aliphatic rings. The Kier molecular flexibility index (Phi) is 5.76. The second-order valence-electron chi connectivity index (χ2n) is 6.44. The highest BCUT2D eigenvalue weighted by Gasteiger charge is 2.15. The number of carbonyl (C=O) groups excluding carboxylic acids is 1. The first-order chi connectivity index (χ1) is 14.0. The van der Waals surface area contributed by atoms with E-state index in [4.69, 9.17) is 16.6 Å². The molecule has 1 amide bonds. The van der Waals surface area contributed by atoms with Crippen molar-refractivity contribution in [2.24, 2.45) is 5.10 Å². The number of aromatic nitrogens is 1. The summed E-state index contributed by atoms with van der Waals surface area (Å²) in [6.45, 7) is 4.05. The van der Waals surface area contributed by atoms with Gasteiger partial charge in [0.15, 0.2) is 0 Å². The fourth-order valence-electron chi connectivity index (χ4n) is 3.02. The van der Waals surface area contributed by atoms with Gasteiger partial charge in [-0.15, -0.1) is 22.7 Å². The molecule has 0 fully saturated rings. The van der Waals surface area contributed by atoms with Crippen molar-refractivity contribution >= 4 is 56.8 Å². The van der Waals surface area contributed by atoms with Crippen LogP contribution in [0.5, 0.6) is 0 Å². The van der Waals surface area contributed by atoms with Gasteiger partial charge in [0.25, 0.3) is 5.91 Å². The maximum Gasteiger partial charge on any atom is 0.272 e. The Morgan fingerprint density at radius 1 is 1.14 bits per heavy atom. The van der Waals surface area contributed by atoms with Crippen molar-refractivity contribution < 1.29 is 4.79 Å². The van der Waals surface area contributed by atoms with Crippen LogP contribution in [0.2, 0.25) is 4.34 Å². The summed E-state index contributed by atoms with van der Waals surface area (Å²) >= 11 is 9.14. The Bertz CT molecular complexity index is 1230. The molecule has 0 aliphatic carbocycles. The molecule has 4 aromatic rings. The summed E-state index contributed by atoms with van der Waals surface area (Å²) in [5.74, 6) is -0.258. The first kappa shape index (κ1) is 19.8. The molecule has 0 radical (unpaired) electrons. The number of hydrogen-bond acceptors (Lipinski definition) is 5. The van der Waals surface area contributed by atoms with Crippen LogP contribution in [0.4, 0.5) is 0 Å². The third-order valence-corrected chi connectivity index (χ3v) is 6.74. The number of rotatable bonds is 5. The van der Waals surface area contributed by atoms with Crippen molar-refractivity contribution in [2.75, 3.05) is 0 Å². The zero-order chi connectivity index (χ0) is 20.4. The predicted octanol–water partition coefficient (Wildman–Crippen LogP) is 6.53. The van der Waals surface area contributed by atoms with Crippen molar-refractivity contribution in [3.05, 3.63) is 74.3 Å². The quantitative estimate of drug-likeness (QED) is 0.284. The monoisotopic (exact) mass is 439 g/mol. The molecule has 0 atom stereocenters. The third kappa shape index (κ3) is 4.24. The fraction of sp³-hybridized carbons (Fsp3) is 0.136. The summed E-state index contributed by atoms with van der Waals surface area (Å²) in [4.78, 5) is 21.0. The highest BCUT2D eigenvalue weighted by atomic mass is 35.5. The van der Waals surface area contributed by atoms with Crippen molar-refractivity contribution in [2.45, 2.75) is 20.3 Å². The van der Waals surface area contributed by atoms with Crippen molar-refractivity contribution in [1.82, 2.24) is 10.4 Å². The Hall–Kier alpha value is -2.54. The number of carbonyl (C=O) groups is 1. The number of amides is 1. The molecule has 0 bridgehead atoms. The van der Waals surface area contributed by atoms with E-state index in [0.717, 1.165) is 32.1 Å². The summed E-state index contributed by atoms with van der Waals surface area (Å²) < 4.78 is 0.698. The Morgan fingerprint density at radius 2 is 1.97 bits per heavy atom. The highest BCUT2D eigenvalue weighted by molar-refractivity contribution is 7.18. The predicted molar refractivity (Wildman–Crippen MR) is 123 cm³/mol. The fourth-order valence-corrected chi connectivity index (χ4v) is 4.95. The van der Waals surface area contributed by atoms with Crippen LogP contribution in [-0.4, -0.2) is 16.6 Å². The van der Waals surface area contributed by atoms with Crippen LogP contribution in [0.25, 0.3) is 21.5 Å². The molecule has 3 heterocycles. The normalized spacial score (nSPS) is 11.8. The van der Waals surface area contributed by atoms with Crippen LogP contribution < -0.4 is 5.43 Å². The molecule has 7 heteroatoms. The van der Waals surface area contributed by atoms with Gasteiger partial charge in [-0.1, -0.05) is 36.7 Å². The topological polar surface area (TPSA) is 54.4 Å². The number of hydrazone groups is 1. The number of hydrogen-bond donors (Lipinski definition) is 1. The number of para-hydroxylation sites is 1. The Balaban J connectivity index is 1.72. The minimum Gasteiger partial charge on any atom is -0.267 e. The van der Waals surface area contributed by atoms with Gasteiger partial charge in [-0.25, -0.2) is 10.4 Å². The molecule has 0 aliphatic heterocycles. The van der Waals surface area contributed by atoms with Gasteiger partial charge >= 0.3 is 0 Å². The lowest BCUT2D eigenvalue weighted by Crippen LogP contribution is -2.20. The number of aryl methyl sites for hydroxylation is 1. The van der Waals surface area contributed by atoms with Crippen LogP contribution in [0.1, 0.15) is 33.5 Å². The van der Waals surface area contributed by atoms with Crippen LogP contribution in [-0.2, 0) is 0 Å². The molecule has 4 rings (SSSR count). The van der Waals surface area contributed by atoms with Crippen LogP contribution in [0.15, 0.2) is 59.7 Å². The van der Waals surface area contributed by atoms with Crippen LogP contribution >= 0.6 is 34.3 Å². The van der Waals surface area contributed by atoms with Crippen molar-refractivity contribution in [1.29, 1.82) is 0 Å². The van der Waals surface area contributed by atoms with E-state index in [1.807, 2.05) is 55.5 Å². The molecule has 0 saturated carbocycles. The summed E-state index contributed by atoms with van der Waals surface area (Å²) in [7, 11) is 0. The molecule has 29 heavy (non-hydrogen) atoms. The van der Waals surface area contributed by atoms with Gasteiger partial charge in [0.05, 0.1) is 36.6 Å². The average molecular weight is 440 g/mol. The standard InChI is InChI=1S/C22H18ClN3OS2/c1-3-16(19-10-11-21(23)29-19)25-26-22(27)15-12-18(20-9-8-13(2)28-20)24-17-7-5-4-6-14(15)17/h4-12H,3H2,1-2H3,(H,26,27)/b25-16+. The van der Waals surface area contributed by atoms with Crippen molar-refractivity contribution in [3.8, 4) is 10.6 Å². The smallest absolute Gasteiger partial charge is 0.267 e. The number of thiophene rings is 2. The maximum atomic E-state index is 13.0. The van der Waals surface area contributed by atoms with Gasteiger partial charge in [0.2, 0.25) is 0 Å². The number of halogens is 1. The molecule has 4 nitrogen and oxygen atoms in total. The average Bonchev–Trinajstić information content (AvgIpc) is 3.36. The minimum absolute atomic E-state index is 0.258. The molecular weight excluding hydrogens is 422 g/mol. The van der Waals surface area contributed by atoms with Gasteiger partial charge in [-0.05, 0) is 49.7 Å². The van der Waals surface area contributed by atoms with Gasteiger partial charge in [0.1, 0.15) is 0 Å². The molecular formula is C22H18ClN3OS2. The van der Waals surface area contributed by atoms with E-state index >= 15 is 0 Å². The maximum absolute atomic E-state index is 13.0. The first-order valence-corrected chi connectivity index (χ1v) is 11.2. The second kappa shape index (κ2) is 8.45. The minimum atomic E-state index is -0.258. The Morgan fingerprint density at radius 3 is 2.66 bits per heavy atom. The number of benzene rings is 1. The lowest BCUT2D eigenvalue weighted by Gasteiger charge is -2.09. The number of fused-ring (bicyclic) bond motifs is 1. The van der Waals surface area contributed by atoms with E-state index in [1.165, 1.54) is 16.2 Å². The van der Waals surface area contributed by atoms with E-state index in [0.29, 0.717) is 16.3 Å². The van der Waals surface area contributed by atoms with Crippen molar-refractivity contribution in [3.63, 3.8) is 0 Å². The molecule has 0 unspecified atom stereocenters. The number of nitrogens with one attached hydrogen (secondary N) is 1. The summed E-state index contributed by atoms with van der Waals surface area (Å²) in [6.07, 6.45) is 0.688. The Labute approximate surface area is 181 Å². The lowest BCUT2D eigenvalue weighted by molar-refractivity contribution is 0.0956. The zero-order valence-electron chi connectivity index (χ0n) is 15.9. The van der Waals surface area contributed by atoms with Gasteiger partial charge in [-0.3, -0.25) is 4.79 Å². The summed E-state index contributed by atoms with van der Waals surface area (Å²) in [6, 6.07) is 17.3. The number of pyridine rings is 1. The molecule has 0 spiro atoms. The van der Waals surface area contributed by atoms with Gasteiger partial charge < -0.3 is 0 Å². The SMILES string of the molecule is CC/C(=N\NC(=O)c1cc(-c2ccc(C)s2)nc2ccccc12)c1ccc(Cl)s1.